The summed E-state index contributed by atoms with van der Waals surface area (Å²) in [6, 6.07) is 24.6. The normalized spacial score (nSPS) is 10.4. The van der Waals surface area contributed by atoms with Crippen molar-refractivity contribution in [1.82, 2.24) is 0 Å². The number of carbonyl (C=O) groups is 1. The number of ether oxygens (including phenoxy) is 1. The molecule has 4 rings (SSSR count). The van der Waals surface area contributed by atoms with Gasteiger partial charge in [-0.3, -0.25) is 25.0 Å². The lowest BCUT2D eigenvalue weighted by Crippen LogP contribution is -2.21. The summed E-state index contributed by atoms with van der Waals surface area (Å²) >= 11 is 0. The van der Waals surface area contributed by atoms with Crippen LogP contribution in [0.15, 0.2) is 91.0 Å². The number of para-hydroxylation sites is 1. The monoisotopic (exact) mass is 541 g/mol. The van der Waals surface area contributed by atoms with Crippen LogP contribution in [0.5, 0.6) is 11.5 Å². The van der Waals surface area contributed by atoms with E-state index in [4.69, 9.17) is 4.74 Å². The smallest absolute Gasteiger partial charge is 0.300 e. The molecule has 0 fully saturated rings. The summed E-state index contributed by atoms with van der Waals surface area (Å²) in [5.41, 5.74) is 0.00427. The van der Waals surface area contributed by atoms with E-state index in [0.717, 1.165) is 30.9 Å². The Kier molecular flexibility index (Phi) is 8.55. The van der Waals surface area contributed by atoms with Crippen molar-refractivity contribution in [1.29, 1.82) is 0 Å². The molecule has 11 nitrogen and oxygen atoms in total. The van der Waals surface area contributed by atoms with Gasteiger partial charge in [0.15, 0.2) is 5.69 Å². The molecule has 0 radical (unpaired) electrons. The Bertz CT molecular complexity index is 1470. The van der Waals surface area contributed by atoms with Gasteiger partial charge in [0.25, 0.3) is 5.91 Å². The van der Waals surface area contributed by atoms with E-state index in [1.807, 2.05) is 44.2 Å². The molecule has 4 aromatic carbocycles. The van der Waals surface area contributed by atoms with Gasteiger partial charge in [-0.1, -0.05) is 18.2 Å². The van der Waals surface area contributed by atoms with E-state index in [-0.39, 0.29) is 11.3 Å². The molecule has 204 valence electrons. The highest BCUT2D eigenvalue weighted by Crippen LogP contribution is 2.38. The van der Waals surface area contributed by atoms with Crippen LogP contribution in [-0.4, -0.2) is 28.8 Å². The van der Waals surface area contributed by atoms with Crippen molar-refractivity contribution in [3.05, 3.63) is 117 Å². The van der Waals surface area contributed by atoms with Crippen molar-refractivity contribution >= 4 is 40.0 Å². The summed E-state index contributed by atoms with van der Waals surface area (Å²) < 4.78 is 5.74. The first-order chi connectivity index (χ1) is 19.3. The fourth-order valence-corrected chi connectivity index (χ4v) is 4.08. The second-order valence-corrected chi connectivity index (χ2v) is 8.64. The van der Waals surface area contributed by atoms with Crippen molar-refractivity contribution < 1.29 is 19.4 Å². The van der Waals surface area contributed by atoms with Gasteiger partial charge in [-0.2, -0.15) is 0 Å². The zero-order valence-electron chi connectivity index (χ0n) is 21.9. The molecule has 0 atom stereocenters. The average Bonchev–Trinajstić information content (AvgIpc) is 2.96. The summed E-state index contributed by atoms with van der Waals surface area (Å²) in [4.78, 5) is 37.4. The highest BCUT2D eigenvalue weighted by atomic mass is 16.6. The van der Waals surface area contributed by atoms with Gasteiger partial charge >= 0.3 is 11.4 Å². The molecule has 40 heavy (non-hydrogen) atoms. The zero-order chi connectivity index (χ0) is 28.6. The van der Waals surface area contributed by atoms with Crippen LogP contribution in [0.1, 0.15) is 24.2 Å². The molecule has 0 bridgehead atoms. The third-order valence-electron chi connectivity index (χ3n) is 6.11. The van der Waals surface area contributed by atoms with Gasteiger partial charge in [0, 0.05) is 42.3 Å². The fraction of sp³-hybridized carbons (Fsp3) is 0.138. The predicted molar refractivity (Wildman–Crippen MR) is 154 cm³/mol. The number of carbonyl (C=O) groups excluding carboxylic acids is 1. The molecule has 0 aliphatic heterocycles. The van der Waals surface area contributed by atoms with Gasteiger partial charge in [-0.25, -0.2) is 0 Å². The number of hydrogen-bond donors (Lipinski definition) is 2. The van der Waals surface area contributed by atoms with Crippen molar-refractivity contribution in [2.75, 3.05) is 28.6 Å². The maximum absolute atomic E-state index is 13.0. The molecule has 1 amide bonds. The number of nitrogens with zero attached hydrogens (tertiary/aromatic N) is 3. The number of nitrogens with one attached hydrogen (secondary N) is 2. The Balaban J connectivity index is 1.58. The molecule has 0 saturated heterocycles. The van der Waals surface area contributed by atoms with Crippen molar-refractivity contribution in [3.63, 3.8) is 0 Å². The topological polar surface area (TPSA) is 140 Å². The van der Waals surface area contributed by atoms with Gasteiger partial charge in [-0.05, 0) is 74.5 Å². The quantitative estimate of drug-likeness (QED) is 0.151. The van der Waals surface area contributed by atoms with E-state index in [2.05, 4.69) is 15.5 Å². The van der Waals surface area contributed by atoms with Crippen LogP contribution in [0.25, 0.3) is 0 Å². The first-order valence-electron chi connectivity index (χ1n) is 12.5. The van der Waals surface area contributed by atoms with Crippen LogP contribution in [0.4, 0.5) is 34.1 Å². The molecule has 0 aromatic heterocycles. The van der Waals surface area contributed by atoms with Crippen molar-refractivity contribution in [2.45, 2.75) is 13.8 Å². The third kappa shape index (κ3) is 6.51. The van der Waals surface area contributed by atoms with Crippen molar-refractivity contribution in [2.24, 2.45) is 0 Å². The van der Waals surface area contributed by atoms with E-state index >= 15 is 0 Å². The number of amides is 1. The van der Waals surface area contributed by atoms with Crippen LogP contribution >= 0.6 is 0 Å². The highest BCUT2D eigenvalue weighted by molar-refractivity contribution is 6.06. The maximum atomic E-state index is 13.0. The number of benzene rings is 4. The number of rotatable bonds is 11. The molecule has 0 heterocycles. The Labute approximate surface area is 230 Å². The van der Waals surface area contributed by atoms with Gasteiger partial charge in [0.1, 0.15) is 11.5 Å². The Hall–Kier alpha value is -5.45. The first-order valence-corrected chi connectivity index (χ1v) is 12.5. The Morgan fingerprint density at radius 3 is 1.82 bits per heavy atom. The van der Waals surface area contributed by atoms with Gasteiger partial charge in [0.2, 0.25) is 0 Å². The minimum Gasteiger partial charge on any atom is -0.457 e. The third-order valence-corrected chi connectivity index (χ3v) is 6.11. The molecule has 11 heteroatoms. The van der Waals surface area contributed by atoms with Crippen LogP contribution in [-0.2, 0) is 0 Å². The number of nitro groups is 2. The summed E-state index contributed by atoms with van der Waals surface area (Å²) in [5.74, 6) is 0.428. The largest absolute Gasteiger partial charge is 0.457 e. The van der Waals surface area contributed by atoms with Gasteiger partial charge in [0.05, 0.1) is 15.4 Å². The second-order valence-electron chi connectivity index (χ2n) is 8.64. The number of anilines is 4. The molecule has 4 aromatic rings. The summed E-state index contributed by atoms with van der Waals surface area (Å²) in [6.45, 7) is 5.71. The van der Waals surface area contributed by atoms with Crippen molar-refractivity contribution in [3.8, 4) is 11.5 Å². The summed E-state index contributed by atoms with van der Waals surface area (Å²) in [7, 11) is 0. The van der Waals surface area contributed by atoms with Crippen LogP contribution < -0.4 is 20.3 Å². The van der Waals surface area contributed by atoms with Crippen LogP contribution in [0.3, 0.4) is 0 Å². The van der Waals surface area contributed by atoms with Gasteiger partial charge < -0.3 is 20.3 Å². The van der Waals surface area contributed by atoms with E-state index in [1.54, 1.807) is 48.5 Å². The Morgan fingerprint density at radius 1 is 0.775 bits per heavy atom. The zero-order valence-corrected chi connectivity index (χ0v) is 21.9. The van der Waals surface area contributed by atoms with Crippen LogP contribution in [0.2, 0.25) is 0 Å². The maximum Gasteiger partial charge on any atom is 0.300 e. The predicted octanol–water partition coefficient (Wildman–Crippen LogP) is 7.14. The minimum atomic E-state index is -0.766. The van der Waals surface area contributed by atoms with E-state index < -0.39 is 27.1 Å². The first kappa shape index (κ1) is 27.6. The molecule has 0 spiro atoms. The molecular weight excluding hydrogens is 514 g/mol. The fourth-order valence-electron chi connectivity index (χ4n) is 4.08. The SMILES string of the molecule is CCN(CC)c1ccc(NC(=O)c2cc([N+](=O)[O-])c(Nc3ccc(Oc4ccccc4)cc3)c([N+](=O)[O-])c2)cc1. The van der Waals surface area contributed by atoms with Crippen LogP contribution in [0, 0.1) is 20.2 Å². The minimum absolute atomic E-state index is 0.219. The lowest BCUT2D eigenvalue weighted by Gasteiger charge is -2.21. The van der Waals surface area contributed by atoms with E-state index in [0.29, 0.717) is 22.9 Å². The highest BCUT2D eigenvalue weighted by Gasteiger charge is 2.29. The molecule has 0 unspecified atom stereocenters. The van der Waals surface area contributed by atoms with E-state index in [1.165, 1.54) is 0 Å². The lowest BCUT2D eigenvalue weighted by atomic mass is 10.1. The second kappa shape index (κ2) is 12.4. The molecular formula is C29H27N5O6. The number of nitro benzene ring substituents is 2. The van der Waals surface area contributed by atoms with E-state index in [9.17, 15) is 25.0 Å². The lowest BCUT2D eigenvalue weighted by molar-refractivity contribution is -0.392. The molecule has 2 N–H and O–H groups in total. The average molecular weight is 542 g/mol. The summed E-state index contributed by atoms with van der Waals surface area (Å²) in [6.07, 6.45) is 0. The Morgan fingerprint density at radius 2 is 1.30 bits per heavy atom. The molecule has 0 aliphatic rings. The summed E-state index contributed by atoms with van der Waals surface area (Å²) in [5, 5.41) is 29.3. The molecule has 0 aliphatic carbocycles. The van der Waals surface area contributed by atoms with Gasteiger partial charge in [-0.15, -0.1) is 0 Å². The standard InChI is InChI=1S/C29H27N5O6/c1-3-32(4-2)23-14-10-22(11-15-23)31-29(35)20-18-26(33(36)37)28(27(19-20)34(38)39)30-21-12-16-25(17-13-21)40-24-8-6-5-7-9-24/h5-19,30H,3-4H2,1-2H3,(H,31,35). The number of hydrogen-bond acceptors (Lipinski definition) is 8. The molecule has 0 saturated carbocycles.